The van der Waals surface area contributed by atoms with Gasteiger partial charge in [-0.2, -0.15) is 0 Å². The highest BCUT2D eigenvalue weighted by Gasteiger charge is 2.27. The van der Waals surface area contributed by atoms with E-state index in [-0.39, 0.29) is 18.9 Å². The molecule has 1 aromatic rings. The molecule has 3 amide bonds. The van der Waals surface area contributed by atoms with Crippen LogP contribution in [0.5, 0.6) is 0 Å². The predicted molar refractivity (Wildman–Crippen MR) is 107 cm³/mol. The first kappa shape index (κ1) is 23.3. The molecule has 7 nitrogen and oxygen atoms in total. The van der Waals surface area contributed by atoms with Crippen LogP contribution in [-0.4, -0.2) is 29.5 Å². The van der Waals surface area contributed by atoms with Gasteiger partial charge in [-0.25, -0.2) is 0 Å². The highest BCUT2D eigenvalue weighted by molar-refractivity contribution is 6.38. The molecule has 2 unspecified atom stereocenters. The Balaban J connectivity index is 2.66. The van der Waals surface area contributed by atoms with Crippen molar-refractivity contribution in [2.75, 3.05) is 0 Å². The Labute approximate surface area is 166 Å². The molecule has 0 aliphatic carbocycles. The van der Waals surface area contributed by atoms with E-state index in [4.69, 9.17) is 5.73 Å². The van der Waals surface area contributed by atoms with Crippen LogP contribution in [0.4, 0.5) is 0 Å². The van der Waals surface area contributed by atoms with Crippen molar-refractivity contribution >= 4 is 23.5 Å². The molecule has 0 radical (unpaired) electrons. The van der Waals surface area contributed by atoms with Gasteiger partial charge in [-0.1, -0.05) is 63.4 Å². The molecule has 1 aromatic carbocycles. The van der Waals surface area contributed by atoms with Crippen LogP contribution < -0.4 is 16.4 Å². The van der Waals surface area contributed by atoms with Crippen molar-refractivity contribution in [1.29, 1.82) is 0 Å². The molecule has 2 atom stereocenters. The van der Waals surface area contributed by atoms with Crippen LogP contribution in [0.2, 0.25) is 0 Å². The van der Waals surface area contributed by atoms with Crippen molar-refractivity contribution in [3.63, 3.8) is 0 Å². The van der Waals surface area contributed by atoms with E-state index in [2.05, 4.69) is 10.6 Å². The third kappa shape index (κ3) is 8.79. The zero-order valence-corrected chi connectivity index (χ0v) is 16.7. The van der Waals surface area contributed by atoms with Crippen LogP contribution in [-0.2, 0) is 25.7 Å². The Morgan fingerprint density at radius 1 is 1.04 bits per heavy atom. The normalized spacial score (nSPS) is 12.6. The third-order valence-corrected chi connectivity index (χ3v) is 4.52. The first-order chi connectivity index (χ1) is 13.3. The number of carbonyl (C=O) groups excluding carboxylic acids is 4. The number of nitrogens with one attached hydrogen (secondary N) is 2. The monoisotopic (exact) mass is 389 g/mol. The summed E-state index contributed by atoms with van der Waals surface area (Å²) < 4.78 is 0. The maximum atomic E-state index is 12.6. The number of ketones is 1. The van der Waals surface area contributed by atoms with E-state index in [0.29, 0.717) is 12.8 Å². The van der Waals surface area contributed by atoms with Crippen LogP contribution >= 0.6 is 0 Å². The zero-order chi connectivity index (χ0) is 20.9. The largest absolute Gasteiger partial charge is 0.370 e. The number of primary amides is 1. The maximum Gasteiger partial charge on any atom is 0.289 e. The molecular weight excluding hydrogens is 358 g/mol. The average molecular weight is 389 g/mol. The van der Waals surface area contributed by atoms with E-state index in [1.54, 1.807) is 6.92 Å². The van der Waals surface area contributed by atoms with Crippen molar-refractivity contribution < 1.29 is 19.2 Å². The van der Waals surface area contributed by atoms with Gasteiger partial charge in [0, 0.05) is 18.9 Å². The number of benzene rings is 1. The summed E-state index contributed by atoms with van der Waals surface area (Å²) >= 11 is 0. The number of carbonyl (C=O) groups is 4. The Kier molecular flexibility index (Phi) is 10.5. The lowest BCUT2D eigenvalue weighted by Crippen LogP contribution is -2.48. The summed E-state index contributed by atoms with van der Waals surface area (Å²) in [5, 5.41) is 5.29. The number of unbranched alkanes of at least 4 members (excludes halogenated alkanes) is 2. The van der Waals surface area contributed by atoms with Crippen molar-refractivity contribution in [2.24, 2.45) is 11.7 Å². The van der Waals surface area contributed by atoms with E-state index in [1.807, 2.05) is 37.3 Å². The second-order valence-electron chi connectivity index (χ2n) is 7.00. The van der Waals surface area contributed by atoms with Gasteiger partial charge in [-0.05, 0) is 18.4 Å². The van der Waals surface area contributed by atoms with Crippen molar-refractivity contribution in [3.05, 3.63) is 35.9 Å². The molecule has 0 saturated carbocycles. The second kappa shape index (κ2) is 12.6. The summed E-state index contributed by atoms with van der Waals surface area (Å²) in [5.41, 5.74) is 6.00. The Bertz CT molecular complexity index is 661. The molecule has 0 aliphatic heterocycles. The standard InChI is InChI=1S/C21H31N3O4/c1-3-4-6-11-17(24-20(27)15(2)12-13-18(22)25)19(26)21(28)23-14-16-9-7-5-8-10-16/h5,7-10,15,17H,3-4,6,11-14H2,1-2H3,(H2,22,25)(H,23,28)(H,24,27). The number of nitrogens with two attached hydrogens (primary N) is 1. The summed E-state index contributed by atoms with van der Waals surface area (Å²) in [6.07, 6.45) is 3.40. The lowest BCUT2D eigenvalue weighted by molar-refractivity contribution is -0.140. The molecule has 28 heavy (non-hydrogen) atoms. The van der Waals surface area contributed by atoms with E-state index in [1.165, 1.54) is 0 Å². The number of amides is 3. The summed E-state index contributed by atoms with van der Waals surface area (Å²) in [4.78, 5) is 48.1. The Morgan fingerprint density at radius 3 is 2.32 bits per heavy atom. The molecule has 0 saturated heterocycles. The zero-order valence-electron chi connectivity index (χ0n) is 16.7. The fourth-order valence-corrected chi connectivity index (χ4v) is 2.69. The number of hydrogen-bond donors (Lipinski definition) is 3. The third-order valence-electron chi connectivity index (χ3n) is 4.52. The minimum atomic E-state index is -0.870. The lowest BCUT2D eigenvalue weighted by Gasteiger charge is -2.20. The van der Waals surface area contributed by atoms with Crippen molar-refractivity contribution in [3.8, 4) is 0 Å². The van der Waals surface area contributed by atoms with Crippen LogP contribution in [0.3, 0.4) is 0 Å². The summed E-state index contributed by atoms with van der Waals surface area (Å²) in [7, 11) is 0. The van der Waals surface area contributed by atoms with Crippen LogP contribution in [0, 0.1) is 5.92 Å². The topological polar surface area (TPSA) is 118 Å². The number of Topliss-reactive ketones (excluding diaryl/α,β-unsaturated/α-hetero) is 1. The van der Waals surface area contributed by atoms with E-state index < -0.39 is 29.6 Å². The molecule has 0 bridgehead atoms. The molecule has 7 heteroatoms. The van der Waals surface area contributed by atoms with Gasteiger partial charge in [-0.3, -0.25) is 19.2 Å². The number of hydrogen-bond acceptors (Lipinski definition) is 4. The maximum absolute atomic E-state index is 12.6. The minimum absolute atomic E-state index is 0.0978. The van der Waals surface area contributed by atoms with Crippen LogP contribution in [0.1, 0.15) is 57.9 Å². The van der Waals surface area contributed by atoms with Gasteiger partial charge < -0.3 is 16.4 Å². The second-order valence-corrected chi connectivity index (χ2v) is 7.00. The fourth-order valence-electron chi connectivity index (χ4n) is 2.69. The Morgan fingerprint density at radius 2 is 1.71 bits per heavy atom. The van der Waals surface area contributed by atoms with E-state index >= 15 is 0 Å². The van der Waals surface area contributed by atoms with E-state index in [0.717, 1.165) is 24.8 Å². The predicted octanol–water partition coefficient (Wildman–Crippen LogP) is 1.84. The highest BCUT2D eigenvalue weighted by atomic mass is 16.2. The van der Waals surface area contributed by atoms with Crippen LogP contribution in [0.15, 0.2) is 30.3 Å². The van der Waals surface area contributed by atoms with Gasteiger partial charge in [-0.15, -0.1) is 0 Å². The highest BCUT2D eigenvalue weighted by Crippen LogP contribution is 2.09. The fraction of sp³-hybridized carbons (Fsp3) is 0.524. The summed E-state index contributed by atoms with van der Waals surface area (Å²) in [6.45, 7) is 3.95. The molecule has 0 aliphatic rings. The summed E-state index contributed by atoms with van der Waals surface area (Å²) in [6, 6.07) is 8.41. The molecule has 4 N–H and O–H groups in total. The quantitative estimate of drug-likeness (QED) is 0.352. The van der Waals surface area contributed by atoms with Gasteiger partial charge in [0.15, 0.2) is 0 Å². The van der Waals surface area contributed by atoms with Crippen molar-refractivity contribution in [1.82, 2.24) is 10.6 Å². The smallest absolute Gasteiger partial charge is 0.289 e. The molecular formula is C21H31N3O4. The molecule has 0 spiro atoms. The minimum Gasteiger partial charge on any atom is -0.370 e. The van der Waals surface area contributed by atoms with E-state index in [9.17, 15) is 19.2 Å². The molecule has 0 aromatic heterocycles. The van der Waals surface area contributed by atoms with Crippen LogP contribution in [0.25, 0.3) is 0 Å². The molecule has 0 heterocycles. The number of rotatable bonds is 13. The van der Waals surface area contributed by atoms with Gasteiger partial charge in [0.05, 0.1) is 6.04 Å². The average Bonchev–Trinajstić information content (AvgIpc) is 2.69. The van der Waals surface area contributed by atoms with Gasteiger partial charge in [0.1, 0.15) is 0 Å². The Hall–Kier alpha value is -2.70. The molecule has 154 valence electrons. The lowest BCUT2D eigenvalue weighted by atomic mass is 10.0. The van der Waals surface area contributed by atoms with Gasteiger partial charge in [0.25, 0.3) is 5.91 Å². The van der Waals surface area contributed by atoms with Gasteiger partial charge >= 0.3 is 0 Å². The SMILES string of the molecule is CCCCCC(NC(=O)C(C)CCC(N)=O)C(=O)C(=O)NCc1ccccc1. The molecule has 1 rings (SSSR count). The first-order valence-corrected chi connectivity index (χ1v) is 9.79. The summed E-state index contributed by atoms with van der Waals surface area (Å²) in [5.74, 6) is -2.67. The molecule has 0 fully saturated rings. The first-order valence-electron chi connectivity index (χ1n) is 9.79. The van der Waals surface area contributed by atoms with Gasteiger partial charge in [0.2, 0.25) is 17.6 Å². The van der Waals surface area contributed by atoms with Crippen molar-refractivity contribution in [2.45, 2.75) is 65.0 Å².